The first-order valence-electron chi connectivity index (χ1n) is 6.07. The molecule has 0 spiro atoms. The molecule has 2 N–H and O–H groups in total. The lowest BCUT2D eigenvalue weighted by molar-refractivity contribution is 0.345. The Labute approximate surface area is 107 Å². The van der Waals surface area contributed by atoms with E-state index in [1.54, 1.807) is 0 Å². The number of aromatic nitrogens is 4. The van der Waals surface area contributed by atoms with Crippen LogP contribution in [0.3, 0.4) is 0 Å². The van der Waals surface area contributed by atoms with Gasteiger partial charge in [0, 0.05) is 0 Å². The highest BCUT2D eigenvalue weighted by Crippen LogP contribution is 2.38. The summed E-state index contributed by atoms with van der Waals surface area (Å²) in [5, 5.41) is 17.9. The van der Waals surface area contributed by atoms with Crippen molar-refractivity contribution >= 4 is 0 Å². The van der Waals surface area contributed by atoms with Crippen molar-refractivity contribution in [2.24, 2.45) is 0 Å². The monoisotopic (exact) mass is 243 g/mol. The molecule has 5 heteroatoms. The van der Waals surface area contributed by atoms with E-state index in [2.05, 4.69) is 31.9 Å². The zero-order chi connectivity index (χ0) is 12.8. The molecule has 1 saturated heterocycles. The quantitative estimate of drug-likeness (QED) is 0.613. The summed E-state index contributed by atoms with van der Waals surface area (Å²) in [6.45, 7) is 3.83. The summed E-state index contributed by atoms with van der Waals surface area (Å²) in [7, 11) is 0. The number of terminal acetylenes is 1. The molecule has 0 atom stereocenters. The molecular formula is C13H17N5. The minimum absolute atomic E-state index is 0.225. The molecule has 2 rings (SSSR count). The van der Waals surface area contributed by atoms with E-state index < -0.39 is 0 Å². The predicted molar refractivity (Wildman–Crippen MR) is 69.7 cm³/mol. The Morgan fingerprint density at radius 3 is 2.78 bits per heavy atom. The van der Waals surface area contributed by atoms with Crippen molar-refractivity contribution in [3.63, 3.8) is 0 Å². The molecule has 0 radical (unpaired) electrons. The van der Waals surface area contributed by atoms with Crippen molar-refractivity contribution < 1.29 is 0 Å². The maximum Gasteiger partial charge on any atom is 0.185 e. The Morgan fingerprint density at radius 1 is 1.44 bits per heavy atom. The number of tetrazole rings is 1. The van der Waals surface area contributed by atoms with E-state index in [1.807, 2.05) is 25.2 Å². The number of allylic oxidation sites excluding steroid dienone is 4. The van der Waals surface area contributed by atoms with Crippen molar-refractivity contribution in [3.8, 4) is 12.3 Å². The summed E-state index contributed by atoms with van der Waals surface area (Å²) in [5.41, 5.74) is 0.854. The van der Waals surface area contributed by atoms with Crippen LogP contribution >= 0.6 is 0 Å². The molecule has 1 aromatic rings. The second-order valence-corrected chi connectivity index (χ2v) is 4.33. The molecule has 18 heavy (non-hydrogen) atoms. The van der Waals surface area contributed by atoms with Gasteiger partial charge in [-0.15, -0.1) is 16.6 Å². The minimum atomic E-state index is -0.225. The van der Waals surface area contributed by atoms with E-state index in [0.29, 0.717) is 0 Å². The third-order valence-corrected chi connectivity index (χ3v) is 3.37. The highest BCUT2D eigenvalue weighted by Gasteiger charge is 2.40. The lowest BCUT2D eigenvalue weighted by Gasteiger charge is -2.35. The molecular weight excluding hydrogens is 226 g/mol. The maximum absolute atomic E-state index is 5.44. The highest BCUT2D eigenvalue weighted by molar-refractivity contribution is 5.40. The smallest absolute Gasteiger partial charge is 0.185 e. The fourth-order valence-electron chi connectivity index (χ4n) is 2.47. The predicted octanol–water partition coefficient (Wildman–Crippen LogP) is 0.957. The molecule has 5 nitrogen and oxygen atoms in total. The average Bonchev–Trinajstić information content (AvgIpc) is 2.94. The summed E-state index contributed by atoms with van der Waals surface area (Å²) in [4.78, 5) is 0. The van der Waals surface area contributed by atoms with E-state index in [1.165, 1.54) is 0 Å². The second kappa shape index (κ2) is 5.61. The molecule has 1 fully saturated rings. The average molecular weight is 243 g/mol. The third-order valence-electron chi connectivity index (χ3n) is 3.37. The summed E-state index contributed by atoms with van der Waals surface area (Å²) >= 11 is 0. The van der Waals surface area contributed by atoms with Gasteiger partial charge in [0.1, 0.15) is 0 Å². The van der Waals surface area contributed by atoms with Crippen LogP contribution in [0.2, 0.25) is 0 Å². The maximum atomic E-state index is 5.44. The summed E-state index contributed by atoms with van der Waals surface area (Å²) in [6, 6.07) is 0. The van der Waals surface area contributed by atoms with E-state index in [4.69, 9.17) is 6.42 Å². The van der Waals surface area contributed by atoms with Gasteiger partial charge in [-0.25, -0.2) is 0 Å². The topological polar surface area (TPSA) is 66.5 Å². The lowest BCUT2D eigenvalue weighted by Crippen LogP contribution is -2.41. The van der Waals surface area contributed by atoms with E-state index in [-0.39, 0.29) is 5.41 Å². The Balaban J connectivity index is 2.48. The van der Waals surface area contributed by atoms with Crippen LogP contribution < -0.4 is 5.32 Å². The van der Waals surface area contributed by atoms with Gasteiger partial charge in [-0.2, -0.15) is 5.21 Å². The van der Waals surface area contributed by atoms with Crippen LogP contribution in [0.25, 0.3) is 0 Å². The fraction of sp³-hybridized carbons (Fsp3) is 0.462. The number of rotatable bonds is 3. The van der Waals surface area contributed by atoms with Gasteiger partial charge >= 0.3 is 0 Å². The van der Waals surface area contributed by atoms with Crippen molar-refractivity contribution in [1.82, 2.24) is 25.9 Å². The summed E-state index contributed by atoms with van der Waals surface area (Å²) in [5.74, 6) is 3.34. The second-order valence-electron chi connectivity index (χ2n) is 4.33. The van der Waals surface area contributed by atoms with Crippen LogP contribution in [0.15, 0.2) is 23.8 Å². The Bertz CT molecular complexity index is 472. The summed E-state index contributed by atoms with van der Waals surface area (Å²) < 4.78 is 0. The van der Waals surface area contributed by atoms with Crippen LogP contribution in [-0.4, -0.2) is 33.7 Å². The molecule has 0 unspecified atom stereocenters. The number of nitrogens with one attached hydrogen (secondary N) is 2. The molecule has 2 heterocycles. The fourth-order valence-corrected chi connectivity index (χ4v) is 2.47. The largest absolute Gasteiger partial charge is 0.317 e. The number of aromatic amines is 1. The van der Waals surface area contributed by atoms with E-state index in [9.17, 15) is 0 Å². The van der Waals surface area contributed by atoms with Crippen LogP contribution in [0, 0.1) is 12.3 Å². The highest BCUT2D eigenvalue weighted by atomic mass is 15.5. The van der Waals surface area contributed by atoms with Gasteiger partial charge in [0.2, 0.25) is 0 Å². The molecule has 0 bridgehead atoms. The number of H-pyrrole nitrogens is 1. The van der Waals surface area contributed by atoms with Gasteiger partial charge < -0.3 is 5.32 Å². The molecule has 0 aromatic carbocycles. The van der Waals surface area contributed by atoms with Gasteiger partial charge in [-0.05, 0) is 44.5 Å². The van der Waals surface area contributed by atoms with Crippen LogP contribution in [0.5, 0.6) is 0 Å². The van der Waals surface area contributed by atoms with Crippen molar-refractivity contribution in [2.75, 3.05) is 13.1 Å². The SMILES string of the molecule is C#C/C=C(\C=C/C)C1(c2nn[nH]n2)CCNCC1. The lowest BCUT2D eigenvalue weighted by atomic mass is 9.71. The van der Waals surface area contributed by atoms with Gasteiger partial charge in [0.15, 0.2) is 5.82 Å². The van der Waals surface area contributed by atoms with Crippen molar-refractivity contribution in [1.29, 1.82) is 0 Å². The van der Waals surface area contributed by atoms with Gasteiger partial charge in [-0.3, -0.25) is 0 Å². The molecule has 1 aromatic heterocycles. The minimum Gasteiger partial charge on any atom is -0.317 e. The van der Waals surface area contributed by atoms with Gasteiger partial charge in [-0.1, -0.05) is 23.3 Å². The van der Waals surface area contributed by atoms with Crippen LogP contribution in [-0.2, 0) is 5.41 Å². The standard InChI is InChI=1S/C13H17N5/c1-3-5-11(6-4-2)13(7-9-14-10-8-13)12-15-17-18-16-12/h1,4-6,14H,7-10H2,2H3,(H,15,16,17,18)/b6-4-,11-5+. The van der Waals surface area contributed by atoms with Crippen molar-refractivity contribution in [2.45, 2.75) is 25.2 Å². The zero-order valence-electron chi connectivity index (χ0n) is 10.5. The molecule has 94 valence electrons. The van der Waals surface area contributed by atoms with Crippen LogP contribution in [0.1, 0.15) is 25.6 Å². The Hall–Kier alpha value is -1.93. The number of nitrogens with zero attached hydrogens (tertiary/aromatic N) is 3. The first kappa shape index (κ1) is 12.5. The van der Waals surface area contributed by atoms with E-state index >= 15 is 0 Å². The van der Waals surface area contributed by atoms with Crippen LogP contribution in [0.4, 0.5) is 0 Å². The molecule has 0 saturated carbocycles. The third kappa shape index (κ3) is 2.20. The normalized spacial score (nSPS) is 19.9. The summed E-state index contributed by atoms with van der Waals surface area (Å²) in [6.07, 6.45) is 13.1. The first-order chi connectivity index (χ1) is 8.83. The number of hydrogen-bond acceptors (Lipinski definition) is 4. The zero-order valence-corrected chi connectivity index (χ0v) is 10.5. The molecule has 1 aliphatic heterocycles. The Kier molecular flexibility index (Phi) is 3.90. The molecule has 1 aliphatic rings. The number of piperidine rings is 1. The number of hydrogen-bond donors (Lipinski definition) is 2. The Morgan fingerprint density at radius 2 is 2.22 bits per heavy atom. The van der Waals surface area contributed by atoms with Gasteiger partial charge in [0.05, 0.1) is 5.41 Å². The first-order valence-corrected chi connectivity index (χ1v) is 6.07. The van der Waals surface area contributed by atoms with Crippen molar-refractivity contribution in [3.05, 3.63) is 29.6 Å². The molecule has 0 amide bonds. The van der Waals surface area contributed by atoms with Gasteiger partial charge in [0.25, 0.3) is 0 Å². The van der Waals surface area contributed by atoms with E-state index in [0.717, 1.165) is 37.3 Å². The molecule has 0 aliphatic carbocycles.